The fourth-order valence-corrected chi connectivity index (χ4v) is 3.73. The van der Waals surface area contributed by atoms with Gasteiger partial charge in [0.1, 0.15) is 0 Å². The lowest BCUT2D eigenvalue weighted by atomic mass is 10.1. The standard InChI is InChI=1S/C19H22ClN5O2/c20-14-3-1-13(2-4-14)11-17(26)24-7-9-25(10-8-24)19(27)18-15-12-21-6-5-16(15)22-23-18/h1-4,21H,5-12H2,(H,22,23). The van der Waals surface area contributed by atoms with E-state index >= 15 is 0 Å². The second-order valence-electron chi connectivity index (χ2n) is 6.93. The first-order valence-electron chi connectivity index (χ1n) is 9.20. The lowest BCUT2D eigenvalue weighted by Crippen LogP contribution is -2.51. The molecule has 2 amide bonds. The molecule has 1 saturated heterocycles. The molecule has 0 aliphatic carbocycles. The molecule has 2 aliphatic heterocycles. The first kappa shape index (κ1) is 18.0. The lowest BCUT2D eigenvalue weighted by Gasteiger charge is -2.34. The maximum Gasteiger partial charge on any atom is 0.274 e. The zero-order valence-corrected chi connectivity index (χ0v) is 15.8. The molecule has 0 spiro atoms. The minimum atomic E-state index is -0.0546. The van der Waals surface area contributed by atoms with Crippen LogP contribution in [-0.4, -0.2) is 64.5 Å². The number of aromatic nitrogens is 2. The number of benzene rings is 1. The maximum atomic E-state index is 12.8. The third-order valence-corrected chi connectivity index (χ3v) is 5.45. The number of amides is 2. The largest absolute Gasteiger partial charge is 0.339 e. The van der Waals surface area contributed by atoms with E-state index in [9.17, 15) is 9.59 Å². The molecule has 0 bridgehead atoms. The number of nitrogens with zero attached hydrogens (tertiary/aromatic N) is 3. The van der Waals surface area contributed by atoms with Crippen molar-refractivity contribution in [1.82, 2.24) is 25.3 Å². The van der Waals surface area contributed by atoms with Gasteiger partial charge in [0, 0.05) is 62.0 Å². The van der Waals surface area contributed by atoms with E-state index in [1.165, 1.54) is 0 Å². The van der Waals surface area contributed by atoms with E-state index in [1.807, 2.05) is 17.0 Å². The summed E-state index contributed by atoms with van der Waals surface area (Å²) in [5.74, 6) is 0.0202. The molecule has 0 unspecified atom stereocenters. The number of fused-ring (bicyclic) bond motifs is 1. The number of hydrogen-bond donors (Lipinski definition) is 2. The summed E-state index contributed by atoms with van der Waals surface area (Å²) >= 11 is 5.89. The predicted molar refractivity (Wildman–Crippen MR) is 102 cm³/mol. The van der Waals surface area contributed by atoms with Crippen molar-refractivity contribution < 1.29 is 9.59 Å². The van der Waals surface area contributed by atoms with Crippen LogP contribution in [0.4, 0.5) is 0 Å². The summed E-state index contributed by atoms with van der Waals surface area (Å²) in [5.41, 5.74) is 3.48. The molecule has 27 heavy (non-hydrogen) atoms. The molecule has 0 saturated carbocycles. The molecule has 1 aromatic heterocycles. The summed E-state index contributed by atoms with van der Waals surface area (Å²) in [4.78, 5) is 29.0. The van der Waals surface area contributed by atoms with Crippen molar-refractivity contribution in [2.45, 2.75) is 19.4 Å². The van der Waals surface area contributed by atoms with Gasteiger partial charge in [0.05, 0.1) is 6.42 Å². The summed E-state index contributed by atoms with van der Waals surface area (Å²) < 4.78 is 0. The van der Waals surface area contributed by atoms with Crippen LogP contribution in [0.15, 0.2) is 24.3 Å². The van der Waals surface area contributed by atoms with Gasteiger partial charge in [-0.2, -0.15) is 5.10 Å². The normalized spacial score (nSPS) is 16.9. The van der Waals surface area contributed by atoms with Gasteiger partial charge in [-0.05, 0) is 17.7 Å². The molecule has 4 rings (SSSR count). The number of halogens is 1. The van der Waals surface area contributed by atoms with E-state index in [4.69, 9.17) is 11.6 Å². The van der Waals surface area contributed by atoms with Crippen LogP contribution in [0.3, 0.4) is 0 Å². The van der Waals surface area contributed by atoms with E-state index in [1.54, 1.807) is 17.0 Å². The number of nitrogens with one attached hydrogen (secondary N) is 2. The van der Waals surface area contributed by atoms with Crippen LogP contribution in [-0.2, 0) is 24.2 Å². The van der Waals surface area contributed by atoms with Crippen molar-refractivity contribution in [1.29, 1.82) is 0 Å². The molecular weight excluding hydrogens is 366 g/mol. The monoisotopic (exact) mass is 387 g/mol. The quantitative estimate of drug-likeness (QED) is 0.830. The van der Waals surface area contributed by atoms with Crippen LogP contribution in [0.1, 0.15) is 27.3 Å². The van der Waals surface area contributed by atoms with E-state index < -0.39 is 0 Å². The molecule has 142 valence electrons. The van der Waals surface area contributed by atoms with Crippen LogP contribution >= 0.6 is 11.6 Å². The van der Waals surface area contributed by atoms with Crippen LogP contribution in [0.25, 0.3) is 0 Å². The molecule has 2 aliphatic rings. The van der Waals surface area contributed by atoms with E-state index in [0.717, 1.165) is 29.8 Å². The van der Waals surface area contributed by atoms with Crippen molar-refractivity contribution in [2.24, 2.45) is 0 Å². The maximum absolute atomic E-state index is 12.8. The fraction of sp³-hybridized carbons (Fsp3) is 0.421. The zero-order valence-electron chi connectivity index (χ0n) is 15.0. The number of piperazine rings is 1. The van der Waals surface area contributed by atoms with E-state index in [2.05, 4.69) is 15.5 Å². The molecule has 0 radical (unpaired) electrons. The molecule has 2 aromatic rings. The number of rotatable bonds is 3. The smallest absolute Gasteiger partial charge is 0.274 e. The molecule has 1 aromatic carbocycles. The average molecular weight is 388 g/mol. The Balaban J connectivity index is 1.34. The summed E-state index contributed by atoms with van der Waals surface area (Å²) in [6, 6.07) is 7.32. The molecular formula is C19H22ClN5O2. The topological polar surface area (TPSA) is 81.3 Å². The Kier molecular flexibility index (Phi) is 5.13. The van der Waals surface area contributed by atoms with Crippen molar-refractivity contribution in [3.05, 3.63) is 51.8 Å². The highest BCUT2D eigenvalue weighted by atomic mass is 35.5. The number of aromatic amines is 1. The molecule has 3 heterocycles. The summed E-state index contributed by atoms with van der Waals surface area (Å²) in [7, 11) is 0. The van der Waals surface area contributed by atoms with Crippen LogP contribution in [0, 0.1) is 0 Å². The summed E-state index contributed by atoms with van der Waals surface area (Å²) in [6.07, 6.45) is 1.21. The predicted octanol–water partition coefficient (Wildman–Crippen LogP) is 1.24. The Morgan fingerprint density at radius 1 is 1.07 bits per heavy atom. The minimum absolute atomic E-state index is 0.0546. The number of hydrogen-bond acceptors (Lipinski definition) is 4. The fourth-order valence-electron chi connectivity index (χ4n) is 3.60. The number of H-pyrrole nitrogens is 1. The van der Waals surface area contributed by atoms with Crippen LogP contribution < -0.4 is 5.32 Å². The summed E-state index contributed by atoms with van der Waals surface area (Å²) in [5, 5.41) is 11.2. The van der Waals surface area contributed by atoms with Crippen molar-refractivity contribution in [3.8, 4) is 0 Å². The van der Waals surface area contributed by atoms with Gasteiger partial charge in [-0.3, -0.25) is 14.7 Å². The Labute approximate surface area is 162 Å². The Morgan fingerprint density at radius 3 is 2.52 bits per heavy atom. The van der Waals surface area contributed by atoms with E-state index in [-0.39, 0.29) is 11.8 Å². The number of carbonyl (C=O) groups excluding carboxylic acids is 2. The van der Waals surface area contributed by atoms with Gasteiger partial charge in [-0.15, -0.1) is 0 Å². The van der Waals surface area contributed by atoms with Crippen molar-refractivity contribution in [3.63, 3.8) is 0 Å². The molecule has 7 nitrogen and oxygen atoms in total. The number of carbonyl (C=O) groups is 2. The third kappa shape index (κ3) is 3.84. The van der Waals surface area contributed by atoms with Gasteiger partial charge in [0.2, 0.25) is 5.91 Å². The first-order valence-corrected chi connectivity index (χ1v) is 9.58. The lowest BCUT2D eigenvalue weighted by molar-refractivity contribution is -0.131. The van der Waals surface area contributed by atoms with E-state index in [0.29, 0.717) is 49.9 Å². The first-order chi connectivity index (χ1) is 13.1. The summed E-state index contributed by atoms with van der Waals surface area (Å²) in [6.45, 7) is 3.72. The van der Waals surface area contributed by atoms with Crippen LogP contribution in [0.5, 0.6) is 0 Å². The van der Waals surface area contributed by atoms with Crippen LogP contribution in [0.2, 0.25) is 5.02 Å². The highest BCUT2D eigenvalue weighted by Gasteiger charge is 2.29. The highest BCUT2D eigenvalue weighted by molar-refractivity contribution is 6.30. The van der Waals surface area contributed by atoms with Gasteiger partial charge in [0.25, 0.3) is 5.91 Å². The highest BCUT2D eigenvalue weighted by Crippen LogP contribution is 2.18. The van der Waals surface area contributed by atoms with Crippen molar-refractivity contribution >= 4 is 23.4 Å². The Morgan fingerprint density at radius 2 is 1.78 bits per heavy atom. The molecule has 1 fully saturated rings. The zero-order chi connectivity index (χ0) is 18.8. The van der Waals surface area contributed by atoms with Gasteiger partial charge < -0.3 is 15.1 Å². The van der Waals surface area contributed by atoms with Gasteiger partial charge in [-0.25, -0.2) is 0 Å². The SMILES string of the molecule is O=C(Cc1ccc(Cl)cc1)N1CCN(C(=O)c2n[nH]c3c2CNCC3)CC1. The molecule has 0 atom stereocenters. The average Bonchev–Trinajstić information content (AvgIpc) is 3.13. The second-order valence-corrected chi connectivity index (χ2v) is 7.37. The second kappa shape index (κ2) is 7.70. The third-order valence-electron chi connectivity index (χ3n) is 5.20. The Bertz CT molecular complexity index is 840. The molecule has 2 N–H and O–H groups in total. The van der Waals surface area contributed by atoms with Crippen molar-refractivity contribution in [2.75, 3.05) is 32.7 Å². The minimum Gasteiger partial charge on any atom is -0.339 e. The van der Waals surface area contributed by atoms with Gasteiger partial charge in [0.15, 0.2) is 5.69 Å². The van der Waals surface area contributed by atoms with Gasteiger partial charge in [-0.1, -0.05) is 23.7 Å². The molecule has 8 heteroatoms. The Hall–Kier alpha value is -2.38. The van der Waals surface area contributed by atoms with Gasteiger partial charge >= 0.3 is 0 Å².